The van der Waals surface area contributed by atoms with Gasteiger partial charge in [0.25, 0.3) is 0 Å². The second kappa shape index (κ2) is 5.65. The van der Waals surface area contributed by atoms with Crippen molar-refractivity contribution in [2.24, 2.45) is 5.92 Å². The van der Waals surface area contributed by atoms with Crippen LogP contribution in [0.1, 0.15) is 18.5 Å². The number of halogens is 2. The van der Waals surface area contributed by atoms with Gasteiger partial charge in [0.15, 0.2) is 0 Å². The van der Waals surface area contributed by atoms with Crippen molar-refractivity contribution in [3.8, 4) is 11.1 Å². The molecule has 0 unspecified atom stereocenters. The molecule has 4 rings (SSSR count). The number of aromatic nitrogens is 4. The molecule has 1 N–H and O–H groups in total. The van der Waals surface area contributed by atoms with Gasteiger partial charge in [0.1, 0.15) is 17.0 Å². The van der Waals surface area contributed by atoms with Crippen molar-refractivity contribution in [3.05, 3.63) is 40.4 Å². The summed E-state index contributed by atoms with van der Waals surface area (Å²) in [4.78, 5) is 3.96. The van der Waals surface area contributed by atoms with Crippen molar-refractivity contribution in [1.82, 2.24) is 20.0 Å². The summed E-state index contributed by atoms with van der Waals surface area (Å²) in [5.74, 6) is 0.192. The average Bonchev–Trinajstić information content (AvgIpc) is 3.27. The Morgan fingerprint density at radius 3 is 2.87 bits per heavy atom. The van der Waals surface area contributed by atoms with Crippen LogP contribution in [0.15, 0.2) is 28.9 Å². The molecular weight excluding hydrogens is 363 g/mol. The van der Waals surface area contributed by atoms with Crippen LogP contribution in [-0.2, 0) is 13.2 Å². The summed E-state index contributed by atoms with van der Waals surface area (Å²) in [6, 6.07) is 5.24. The van der Waals surface area contributed by atoms with Crippen LogP contribution in [-0.4, -0.2) is 25.1 Å². The van der Waals surface area contributed by atoms with Crippen molar-refractivity contribution in [1.29, 1.82) is 0 Å². The lowest BCUT2D eigenvalue weighted by Gasteiger charge is -2.07. The highest BCUT2D eigenvalue weighted by Gasteiger charge is 2.23. The lowest BCUT2D eigenvalue weighted by Crippen LogP contribution is -2.01. The molecular formula is C16H14BrFN4O. The Bertz CT molecular complexity index is 891. The Hall–Kier alpha value is -1.86. The van der Waals surface area contributed by atoms with Gasteiger partial charge >= 0.3 is 0 Å². The summed E-state index contributed by atoms with van der Waals surface area (Å²) in [5, 5.41) is 17.5. The predicted molar refractivity (Wildman–Crippen MR) is 87.1 cm³/mol. The highest BCUT2D eigenvalue weighted by Crippen LogP contribution is 2.35. The number of fused-ring (bicyclic) bond motifs is 1. The standard InChI is InChI=1S/C16H14BrFN4O/c17-15-11(10-5-12(18)13(8-23)19-6-10)3-4-14-16(15)20-21-22(14)7-9-1-2-9/h3-6,9,23H,1-2,7-8H2. The van der Waals surface area contributed by atoms with Crippen LogP contribution in [0, 0.1) is 11.7 Å². The summed E-state index contributed by atoms with van der Waals surface area (Å²) >= 11 is 3.56. The second-order valence-corrected chi connectivity index (χ2v) is 6.61. The molecule has 5 nitrogen and oxygen atoms in total. The molecule has 23 heavy (non-hydrogen) atoms. The predicted octanol–water partition coefficient (Wildman–Crippen LogP) is 3.30. The quantitative estimate of drug-likeness (QED) is 0.758. The Labute approximate surface area is 140 Å². The Balaban J connectivity index is 1.78. The normalized spacial score (nSPS) is 14.6. The molecule has 2 heterocycles. The first-order valence-corrected chi connectivity index (χ1v) is 8.24. The van der Waals surface area contributed by atoms with E-state index >= 15 is 0 Å². The van der Waals surface area contributed by atoms with Crippen molar-refractivity contribution < 1.29 is 9.50 Å². The third kappa shape index (κ3) is 2.64. The van der Waals surface area contributed by atoms with Crippen LogP contribution in [0.25, 0.3) is 22.2 Å². The van der Waals surface area contributed by atoms with Gasteiger partial charge in [-0.1, -0.05) is 11.3 Å². The lowest BCUT2D eigenvalue weighted by molar-refractivity contribution is 0.270. The summed E-state index contributed by atoms with van der Waals surface area (Å²) < 4.78 is 16.6. The zero-order chi connectivity index (χ0) is 16.0. The first kappa shape index (κ1) is 14.7. The molecule has 0 spiro atoms. The summed E-state index contributed by atoms with van der Waals surface area (Å²) in [7, 11) is 0. The molecule has 0 radical (unpaired) electrons. The Morgan fingerprint density at radius 2 is 2.17 bits per heavy atom. The van der Waals surface area contributed by atoms with Crippen LogP contribution >= 0.6 is 15.9 Å². The number of nitrogens with zero attached hydrogens (tertiary/aromatic N) is 4. The van der Waals surface area contributed by atoms with E-state index < -0.39 is 12.4 Å². The van der Waals surface area contributed by atoms with Crippen LogP contribution in [0.3, 0.4) is 0 Å². The fourth-order valence-electron chi connectivity index (χ4n) is 2.64. The van der Waals surface area contributed by atoms with Gasteiger partial charge in [0.05, 0.1) is 16.6 Å². The average molecular weight is 377 g/mol. The molecule has 118 valence electrons. The van der Waals surface area contributed by atoms with Crippen molar-refractivity contribution >= 4 is 27.0 Å². The fraction of sp³-hybridized carbons (Fsp3) is 0.312. The molecule has 2 aromatic heterocycles. The van der Waals surface area contributed by atoms with Crippen LogP contribution in [0.5, 0.6) is 0 Å². The number of rotatable bonds is 4. The third-order valence-corrected chi connectivity index (χ3v) is 4.93. The van der Waals surface area contributed by atoms with E-state index in [9.17, 15) is 4.39 Å². The maximum absolute atomic E-state index is 13.9. The molecule has 0 saturated heterocycles. The number of pyridine rings is 1. The van der Waals surface area contributed by atoms with Gasteiger partial charge in [0.2, 0.25) is 0 Å². The van der Waals surface area contributed by atoms with Crippen LogP contribution in [0.2, 0.25) is 0 Å². The zero-order valence-electron chi connectivity index (χ0n) is 12.2. The largest absolute Gasteiger partial charge is 0.390 e. The van der Waals surface area contributed by atoms with Gasteiger partial charge in [-0.25, -0.2) is 9.07 Å². The SMILES string of the molecule is OCc1ncc(-c2ccc3c(nnn3CC3CC3)c2Br)cc1F. The molecule has 3 aromatic rings. The number of hydrogen-bond acceptors (Lipinski definition) is 4. The number of aliphatic hydroxyl groups is 1. The first-order chi connectivity index (χ1) is 11.2. The van der Waals surface area contributed by atoms with Crippen molar-refractivity contribution in [2.45, 2.75) is 26.0 Å². The highest BCUT2D eigenvalue weighted by atomic mass is 79.9. The van der Waals surface area contributed by atoms with E-state index in [1.807, 2.05) is 16.8 Å². The molecule has 0 atom stereocenters. The fourth-order valence-corrected chi connectivity index (χ4v) is 3.28. The smallest absolute Gasteiger partial charge is 0.147 e. The number of benzene rings is 1. The van der Waals surface area contributed by atoms with E-state index in [0.29, 0.717) is 11.5 Å². The molecule has 1 fully saturated rings. The van der Waals surface area contributed by atoms with Gasteiger partial charge in [-0.3, -0.25) is 4.98 Å². The zero-order valence-corrected chi connectivity index (χ0v) is 13.8. The molecule has 1 aromatic carbocycles. The van der Waals surface area contributed by atoms with Crippen molar-refractivity contribution in [3.63, 3.8) is 0 Å². The van der Waals surface area contributed by atoms with Crippen LogP contribution in [0.4, 0.5) is 4.39 Å². The maximum atomic E-state index is 13.9. The first-order valence-electron chi connectivity index (χ1n) is 7.44. The summed E-state index contributed by atoms with van der Waals surface area (Å²) in [6.07, 6.45) is 4.06. The minimum absolute atomic E-state index is 0.0429. The molecule has 1 aliphatic rings. The van der Waals surface area contributed by atoms with Gasteiger partial charge in [-0.15, -0.1) is 5.10 Å². The summed E-state index contributed by atoms with van der Waals surface area (Å²) in [5.41, 5.74) is 3.20. The Kier molecular flexibility index (Phi) is 3.61. The monoisotopic (exact) mass is 376 g/mol. The minimum Gasteiger partial charge on any atom is -0.390 e. The van der Waals surface area contributed by atoms with Gasteiger partial charge < -0.3 is 5.11 Å². The van der Waals surface area contributed by atoms with Crippen LogP contribution < -0.4 is 0 Å². The molecule has 0 aliphatic heterocycles. The van der Waals surface area contributed by atoms with Gasteiger partial charge in [0, 0.05) is 18.3 Å². The minimum atomic E-state index is -0.519. The van der Waals surface area contributed by atoms with Gasteiger partial charge in [-0.05, 0) is 52.4 Å². The second-order valence-electron chi connectivity index (χ2n) is 5.82. The topological polar surface area (TPSA) is 63.8 Å². The van der Waals surface area contributed by atoms with E-state index in [0.717, 1.165) is 27.6 Å². The molecule has 0 amide bonds. The van der Waals surface area contributed by atoms with E-state index in [1.54, 1.807) is 6.20 Å². The maximum Gasteiger partial charge on any atom is 0.147 e. The van der Waals surface area contributed by atoms with E-state index in [2.05, 4.69) is 31.2 Å². The number of aliphatic hydroxyl groups excluding tert-OH is 1. The van der Waals surface area contributed by atoms with Crippen molar-refractivity contribution in [2.75, 3.05) is 0 Å². The number of hydrogen-bond donors (Lipinski definition) is 1. The molecule has 1 aliphatic carbocycles. The Morgan fingerprint density at radius 1 is 1.35 bits per heavy atom. The third-order valence-electron chi connectivity index (χ3n) is 4.13. The lowest BCUT2D eigenvalue weighted by atomic mass is 10.1. The summed E-state index contributed by atoms with van der Waals surface area (Å²) in [6.45, 7) is 0.478. The molecule has 1 saturated carbocycles. The van der Waals surface area contributed by atoms with Gasteiger partial charge in [-0.2, -0.15) is 0 Å². The highest BCUT2D eigenvalue weighted by molar-refractivity contribution is 9.10. The molecule has 0 bridgehead atoms. The van der Waals surface area contributed by atoms with E-state index in [4.69, 9.17) is 5.11 Å². The van der Waals surface area contributed by atoms with E-state index in [-0.39, 0.29) is 5.69 Å². The van der Waals surface area contributed by atoms with E-state index in [1.165, 1.54) is 18.9 Å². The molecule has 7 heteroatoms.